The summed E-state index contributed by atoms with van der Waals surface area (Å²) in [7, 11) is 0. The summed E-state index contributed by atoms with van der Waals surface area (Å²) >= 11 is -3.15. The van der Waals surface area contributed by atoms with Crippen LogP contribution in [0.4, 0.5) is 0 Å². The van der Waals surface area contributed by atoms with Crippen molar-refractivity contribution >= 4 is 37.0 Å². The summed E-state index contributed by atoms with van der Waals surface area (Å²) in [6.45, 7) is 14.8. The molecule has 44 heavy (non-hydrogen) atoms. The van der Waals surface area contributed by atoms with Crippen LogP contribution >= 0.6 is 24.8 Å². The summed E-state index contributed by atoms with van der Waals surface area (Å²) < 4.78 is 4.25. The van der Waals surface area contributed by atoms with Crippen LogP contribution in [-0.2, 0) is 20.0 Å². The first-order valence-corrected chi connectivity index (χ1v) is 25.1. The molecule has 4 aromatic rings. The van der Waals surface area contributed by atoms with E-state index in [9.17, 15) is 0 Å². The molecule has 0 aromatic heterocycles. The number of hydrogen-bond donors (Lipinski definition) is 0. The summed E-state index contributed by atoms with van der Waals surface area (Å²) in [5, 5.41) is 0. The van der Waals surface area contributed by atoms with Crippen molar-refractivity contribution in [1.29, 1.82) is 0 Å². The van der Waals surface area contributed by atoms with Gasteiger partial charge in [0.2, 0.25) is 0 Å². The van der Waals surface area contributed by atoms with E-state index in [4.69, 9.17) is 0 Å². The Morgan fingerprint density at radius 3 is 1.20 bits per heavy atom. The molecular weight excluding hydrogens is 742 g/mol. The van der Waals surface area contributed by atoms with Crippen LogP contribution in [-0.4, -0.2) is 0 Å². The molecule has 3 aliphatic rings. The minimum atomic E-state index is -3.15. The number of fused-ring (bicyclic) bond motifs is 2. The third-order valence-corrected chi connectivity index (χ3v) is 32.4. The molecule has 0 N–H and O–H groups in total. The standard InChI is InChI=1S/2C19H19.C3H6.2ClH.Hf/c2*1-19(2,3)16-12-15-10-7-11-17(18(15)13-16)14-8-5-4-6-9-14;1-3-2;;;/h2*4-13H,1-3H3;1-3H2;2*1H;. The fourth-order valence-electron chi connectivity index (χ4n) is 8.41. The molecule has 2 aliphatic carbocycles. The van der Waals surface area contributed by atoms with E-state index >= 15 is 0 Å². The van der Waals surface area contributed by atoms with Gasteiger partial charge >= 0.3 is 259 Å². The van der Waals surface area contributed by atoms with Crippen LogP contribution in [0, 0.1) is 10.8 Å². The van der Waals surface area contributed by atoms with Crippen LogP contribution in [0.1, 0.15) is 77.6 Å². The fourth-order valence-corrected chi connectivity index (χ4v) is 32.4. The van der Waals surface area contributed by atoms with Gasteiger partial charge in [0, 0.05) is 0 Å². The van der Waals surface area contributed by atoms with Crippen molar-refractivity contribution < 1.29 is 20.0 Å². The third kappa shape index (κ3) is 5.36. The SMILES string of the molecule is CC(C)(C)C1=Cc2c(-c3ccccc3)cccc2[CH]1[Hf]1([CH]2C(C(C)(C)C)=Cc3c(-c4ccccc4)cccc32)[CH2]C[CH2]1.Cl.Cl. The summed E-state index contributed by atoms with van der Waals surface area (Å²) in [5.74, 6) is 0. The van der Waals surface area contributed by atoms with Crippen molar-refractivity contribution in [2.24, 2.45) is 10.8 Å². The number of hydrogen-bond acceptors (Lipinski definition) is 0. The van der Waals surface area contributed by atoms with Gasteiger partial charge in [0.15, 0.2) is 0 Å². The zero-order chi connectivity index (χ0) is 29.3. The Morgan fingerprint density at radius 2 is 0.886 bits per heavy atom. The molecule has 0 amide bonds. The Balaban J connectivity index is 0.00000192. The van der Waals surface area contributed by atoms with Crippen LogP contribution in [0.25, 0.3) is 34.4 Å². The molecule has 7 rings (SSSR count). The molecule has 2 atom stereocenters. The van der Waals surface area contributed by atoms with E-state index in [1.54, 1.807) is 22.3 Å². The van der Waals surface area contributed by atoms with Crippen LogP contribution in [0.2, 0.25) is 8.35 Å². The summed E-state index contributed by atoms with van der Waals surface area (Å²) in [4.78, 5) is 0. The van der Waals surface area contributed by atoms with E-state index < -0.39 is 20.0 Å². The monoisotopic (exact) mass is 788 g/mol. The second kappa shape index (κ2) is 12.2. The van der Waals surface area contributed by atoms with Gasteiger partial charge in [-0.3, -0.25) is 0 Å². The van der Waals surface area contributed by atoms with E-state index in [0.29, 0.717) is 7.35 Å². The molecule has 0 radical (unpaired) electrons. The van der Waals surface area contributed by atoms with Crippen LogP contribution < -0.4 is 0 Å². The first-order chi connectivity index (χ1) is 20.1. The predicted molar refractivity (Wildman–Crippen MR) is 193 cm³/mol. The van der Waals surface area contributed by atoms with E-state index in [-0.39, 0.29) is 35.6 Å². The minimum absolute atomic E-state index is 0. The first-order valence-electron chi connectivity index (χ1n) is 15.9. The average Bonchev–Trinajstić information content (AvgIpc) is 3.54. The molecule has 1 aliphatic heterocycles. The smallest absolute Gasteiger partial charge is 0.147 e. The van der Waals surface area contributed by atoms with Gasteiger partial charge in [0.1, 0.15) is 0 Å². The van der Waals surface area contributed by atoms with Crippen molar-refractivity contribution in [1.82, 2.24) is 0 Å². The molecule has 0 nitrogen and oxygen atoms in total. The van der Waals surface area contributed by atoms with Gasteiger partial charge in [-0.2, -0.15) is 0 Å². The van der Waals surface area contributed by atoms with Crippen molar-refractivity contribution in [3.63, 3.8) is 0 Å². The van der Waals surface area contributed by atoms with Gasteiger partial charge in [0.25, 0.3) is 0 Å². The maximum atomic E-state index is 2.65. The van der Waals surface area contributed by atoms with E-state index in [2.05, 4.69) is 151 Å². The van der Waals surface area contributed by atoms with Gasteiger partial charge in [-0.1, -0.05) is 0 Å². The van der Waals surface area contributed by atoms with Crippen molar-refractivity contribution in [3.8, 4) is 22.3 Å². The van der Waals surface area contributed by atoms with Crippen molar-refractivity contribution in [3.05, 3.63) is 130 Å². The molecule has 2 unspecified atom stereocenters. The molecule has 228 valence electrons. The average molecular weight is 788 g/mol. The maximum absolute atomic E-state index is 3.15. The molecule has 0 saturated carbocycles. The number of halogens is 2. The minimum Gasteiger partial charge on any atom is -0.147 e. The number of rotatable bonds is 4. The summed E-state index contributed by atoms with van der Waals surface area (Å²) in [6.07, 6.45) is 6.71. The van der Waals surface area contributed by atoms with Gasteiger partial charge in [-0.15, -0.1) is 24.8 Å². The molecule has 3 heteroatoms. The molecule has 0 spiro atoms. The third-order valence-electron chi connectivity index (χ3n) is 10.5. The van der Waals surface area contributed by atoms with Crippen molar-refractivity contribution in [2.45, 2.75) is 63.7 Å². The first kappa shape index (κ1) is 33.2. The molecule has 1 saturated heterocycles. The second-order valence-corrected chi connectivity index (χ2v) is 31.6. The zero-order valence-corrected chi connectivity index (χ0v) is 32.2. The Hall–Kier alpha value is -2.19. The Morgan fingerprint density at radius 1 is 0.500 bits per heavy atom. The Bertz CT molecular complexity index is 1590. The van der Waals surface area contributed by atoms with Crippen LogP contribution in [0.5, 0.6) is 0 Å². The van der Waals surface area contributed by atoms with Gasteiger partial charge in [0.05, 0.1) is 0 Å². The van der Waals surface area contributed by atoms with Crippen LogP contribution in [0.15, 0.2) is 108 Å². The predicted octanol–water partition coefficient (Wildman–Crippen LogP) is 12.9. The number of benzene rings is 4. The maximum Gasteiger partial charge on any atom is -0.147 e. The summed E-state index contributed by atoms with van der Waals surface area (Å²) in [6, 6.07) is 36.6. The normalized spacial score (nSPS) is 19.9. The molecule has 1 heterocycles. The topological polar surface area (TPSA) is 0 Å². The van der Waals surface area contributed by atoms with Gasteiger partial charge in [-0.05, 0) is 0 Å². The van der Waals surface area contributed by atoms with Crippen molar-refractivity contribution in [2.75, 3.05) is 0 Å². The van der Waals surface area contributed by atoms with E-state index in [0.717, 1.165) is 0 Å². The molecule has 1 fully saturated rings. The van der Waals surface area contributed by atoms with E-state index in [1.807, 2.05) is 0 Å². The molecule has 0 bridgehead atoms. The van der Waals surface area contributed by atoms with E-state index in [1.165, 1.54) is 48.2 Å². The molecule has 4 aromatic carbocycles. The Kier molecular flexibility index (Phi) is 9.20. The molecular formula is C41H46Cl2Hf. The quantitative estimate of drug-likeness (QED) is 0.181. The zero-order valence-electron chi connectivity index (χ0n) is 27.0. The summed E-state index contributed by atoms with van der Waals surface area (Å²) in [5.41, 5.74) is 15.5. The largest absolute Gasteiger partial charge is 0.147 e. The number of allylic oxidation sites excluding steroid dienone is 2. The van der Waals surface area contributed by atoms with Crippen LogP contribution in [0.3, 0.4) is 0 Å². The second-order valence-electron chi connectivity index (χ2n) is 15.0. The van der Waals surface area contributed by atoms with Gasteiger partial charge < -0.3 is 0 Å². The van der Waals surface area contributed by atoms with Gasteiger partial charge in [-0.25, -0.2) is 0 Å². The fraction of sp³-hybridized carbons (Fsp3) is 0.317. The Labute approximate surface area is 282 Å².